The molecule has 122 valence electrons. The third-order valence-corrected chi connectivity index (χ3v) is 4.24. The molecule has 1 unspecified atom stereocenters. The summed E-state index contributed by atoms with van der Waals surface area (Å²) in [5.41, 5.74) is 0.842. The average molecular weight is 336 g/mol. The molecule has 0 saturated carbocycles. The first kappa shape index (κ1) is 17.1. The van der Waals surface area contributed by atoms with E-state index in [1.807, 2.05) is 6.07 Å². The third-order valence-electron chi connectivity index (χ3n) is 3.39. The molecule has 1 heterocycles. The zero-order valence-electron chi connectivity index (χ0n) is 12.6. The lowest BCUT2D eigenvalue weighted by molar-refractivity contribution is -0.124. The summed E-state index contributed by atoms with van der Waals surface area (Å²) in [6.07, 6.45) is 1.22. The molecule has 1 amide bonds. The molecule has 0 aliphatic rings. The number of aromatic nitrogens is 1. The van der Waals surface area contributed by atoms with Gasteiger partial charge < -0.3 is 10.4 Å². The van der Waals surface area contributed by atoms with E-state index in [1.165, 1.54) is 28.8 Å². The lowest BCUT2D eigenvalue weighted by atomic mass is 10.0. The average Bonchev–Trinajstić information content (AvgIpc) is 2.99. The summed E-state index contributed by atoms with van der Waals surface area (Å²) in [5, 5.41) is 13.5. The third kappa shape index (κ3) is 5.14. The molecule has 0 saturated heterocycles. The molecule has 0 aliphatic carbocycles. The number of hydrogen-bond donors (Lipinski definition) is 2. The largest absolute Gasteiger partial charge is 0.476 e. The number of aryl methyl sites for hydroxylation is 1. The van der Waals surface area contributed by atoms with Crippen LogP contribution in [0.4, 0.5) is 4.39 Å². The molecule has 0 aliphatic heterocycles. The second-order valence-corrected chi connectivity index (χ2v) is 6.16. The van der Waals surface area contributed by atoms with Crippen molar-refractivity contribution in [2.45, 2.75) is 26.3 Å². The monoisotopic (exact) mass is 336 g/mol. The second-order valence-electron chi connectivity index (χ2n) is 5.22. The molecule has 2 N–H and O–H groups in total. The summed E-state index contributed by atoms with van der Waals surface area (Å²) >= 11 is 1.20. The van der Waals surface area contributed by atoms with Crippen LogP contribution in [0.5, 0.6) is 0 Å². The Hall–Kier alpha value is -2.28. The van der Waals surface area contributed by atoms with Gasteiger partial charge in [0.15, 0.2) is 5.69 Å². The maximum absolute atomic E-state index is 13.1. The predicted octanol–water partition coefficient (Wildman–Crippen LogP) is 2.87. The SMILES string of the molecule is CC(CCc1cccc(F)c1)C(=O)NCc1nc(C(=O)O)cs1. The molecule has 0 bridgehead atoms. The number of amides is 1. The van der Waals surface area contributed by atoms with Gasteiger partial charge in [0.05, 0.1) is 6.54 Å². The Kier molecular flexibility index (Phi) is 5.81. The van der Waals surface area contributed by atoms with Crippen molar-refractivity contribution in [1.29, 1.82) is 0 Å². The van der Waals surface area contributed by atoms with Gasteiger partial charge >= 0.3 is 5.97 Å². The molecule has 2 rings (SSSR count). The fourth-order valence-corrected chi connectivity index (χ4v) is 2.74. The molecule has 0 spiro atoms. The van der Waals surface area contributed by atoms with Crippen LogP contribution in [0.15, 0.2) is 29.6 Å². The van der Waals surface area contributed by atoms with Crippen molar-refractivity contribution in [2.24, 2.45) is 5.92 Å². The Labute approximate surface area is 137 Å². The highest BCUT2D eigenvalue weighted by atomic mass is 32.1. The van der Waals surface area contributed by atoms with Gasteiger partial charge in [-0.1, -0.05) is 19.1 Å². The van der Waals surface area contributed by atoms with E-state index in [0.29, 0.717) is 17.8 Å². The number of halogens is 1. The number of rotatable bonds is 7. The van der Waals surface area contributed by atoms with E-state index in [-0.39, 0.29) is 29.9 Å². The summed E-state index contributed by atoms with van der Waals surface area (Å²) < 4.78 is 13.1. The maximum Gasteiger partial charge on any atom is 0.355 e. The highest BCUT2D eigenvalue weighted by Crippen LogP contribution is 2.13. The van der Waals surface area contributed by atoms with Crippen molar-refractivity contribution in [3.8, 4) is 0 Å². The van der Waals surface area contributed by atoms with Gasteiger partial charge in [0, 0.05) is 11.3 Å². The first-order valence-corrected chi connectivity index (χ1v) is 8.03. The van der Waals surface area contributed by atoms with Crippen LogP contribution in [0.3, 0.4) is 0 Å². The predicted molar refractivity (Wildman–Crippen MR) is 84.8 cm³/mol. The van der Waals surface area contributed by atoms with Crippen molar-refractivity contribution in [2.75, 3.05) is 0 Å². The number of carbonyl (C=O) groups is 2. The summed E-state index contributed by atoms with van der Waals surface area (Å²) in [6.45, 7) is 2.01. The summed E-state index contributed by atoms with van der Waals surface area (Å²) in [6, 6.07) is 6.33. The van der Waals surface area contributed by atoms with Crippen LogP contribution < -0.4 is 5.32 Å². The molecular weight excluding hydrogens is 319 g/mol. The number of carboxylic acid groups (broad SMARTS) is 1. The lowest BCUT2D eigenvalue weighted by Crippen LogP contribution is -2.29. The quantitative estimate of drug-likeness (QED) is 0.815. The Morgan fingerprint density at radius 1 is 1.43 bits per heavy atom. The van der Waals surface area contributed by atoms with Gasteiger partial charge in [-0.15, -0.1) is 11.3 Å². The van der Waals surface area contributed by atoms with Gasteiger partial charge in [0.2, 0.25) is 5.91 Å². The lowest BCUT2D eigenvalue weighted by Gasteiger charge is -2.11. The Bertz CT molecular complexity index is 702. The zero-order valence-corrected chi connectivity index (χ0v) is 13.4. The molecule has 0 fully saturated rings. The molecule has 0 radical (unpaired) electrons. The van der Waals surface area contributed by atoms with Crippen LogP contribution in [-0.2, 0) is 17.8 Å². The maximum atomic E-state index is 13.1. The normalized spacial score (nSPS) is 11.9. The van der Waals surface area contributed by atoms with E-state index in [9.17, 15) is 14.0 Å². The van der Waals surface area contributed by atoms with E-state index >= 15 is 0 Å². The van der Waals surface area contributed by atoms with Crippen LogP contribution in [0, 0.1) is 11.7 Å². The van der Waals surface area contributed by atoms with E-state index in [1.54, 1.807) is 13.0 Å². The van der Waals surface area contributed by atoms with Crippen molar-refractivity contribution >= 4 is 23.2 Å². The van der Waals surface area contributed by atoms with Gasteiger partial charge in [0.25, 0.3) is 0 Å². The fraction of sp³-hybridized carbons (Fsp3) is 0.312. The Morgan fingerprint density at radius 2 is 2.22 bits per heavy atom. The minimum absolute atomic E-state index is 0.0154. The van der Waals surface area contributed by atoms with Crippen LogP contribution in [0.2, 0.25) is 0 Å². The van der Waals surface area contributed by atoms with Gasteiger partial charge in [-0.25, -0.2) is 14.2 Å². The minimum Gasteiger partial charge on any atom is -0.476 e. The smallest absolute Gasteiger partial charge is 0.355 e. The number of hydrogen-bond acceptors (Lipinski definition) is 4. The number of nitrogens with zero attached hydrogens (tertiary/aromatic N) is 1. The Morgan fingerprint density at radius 3 is 2.87 bits per heavy atom. The topological polar surface area (TPSA) is 79.3 Å². The van der Waals surface area contributed by atoms with Crippen LogP contribution in [0.25, 0.3) is 0 Å². The Balaban J connectivity index is 1.79. The highest BCUT2D eigenvalue weighted by Gasteiger charge is 2.14. The molecule has 1 atom stereocenters. The number of aromatic carboxylic acids is 1. The van der Waals surface area contributed by atoms with Crippen LogP contribution in [-0.4, -0.2) is 22.0 Å². The summed E-state index contributed by atoms with van der Waals surface area (Å²) in [7, 11) is 0. The fourth-order valence-electron chi connectivity index (χ4n) is 2.03. The number of carboxylic acids is 1. The minimum atomic E-state index is -1.08. The van der Waals surface area contributed by atoms with Crippen molar-refractivity contribution < 1.29 is 19.1 Å². The number of benzene rings is 1. The van der Waals surface area contributed by atoms with Crippen LogP contribution >= 0.6 is 11.3 Å². The number of carbonyl (C=O) groups excluding carboxylic acids is 1. The summed E-state index contributed by atoms with van der Waals surface area (Å²) in [5.74, 6) is -1.72. The first-order valence-electron chi connectivity index (χ1n) is 7.15. The molecular formula is C16H17FN2O3S. The van der Waals surface area contributed by atoms with E-state index in [2.05, 4.69) is 10.3 Å². The van der Waals surface area contributed by atoms with Crippen molar-refractivity contribution in [3.05, 3.63) is 51.7 Å². The molecule has 1 aromatic heterocycles. The molecule has 23 heavy (non-hydrogen) atoms. The van der Waals surface area contributed by atoms with Gasteiger partial charge in [-0.3, -0.25) is 4.79 Å². The first-order chi connectivity index (χ1) is 11.0. The van der Waals surface area contributed by atoms with Gasteiger partial charge in [-0.05, 0) is 30.5 Å². The van der Waals surface area contributed by atoms with Crippen LogP contribution in [0.1, 0.15) is 34.4 Å². The van der Waals surface area contributed by atoms with E-state index in [0.717, 1.165) is 5.56 Å². The number of nitrogens with one attached hydrogen (secondary N) is 1. The molecule has 7 heteroatoms. The number of thiazole rings is 1. The molecule has 5 nitrogen and oxygen atoms in total. The van der Waals surface area contributed by atoms with E-state index < -0.39 is 5.97 Å². The van der Waals surface area contributed by atoms with E-state index in [4.69, 9.17) is 5.11 Å². The zero-order chi connectivity index (χ0) is 16.8. The molecule has 1 aromatic carbocycles. The van der Waals surface area contributed by atoms with Crippen molar-refractivity contribution in [1.82, 2.24) is 10.3 Å². The summed E-state index contributed by atoms with van der Waals surface area (Å²) in [4.78, 5) is 26.7. The second kappa shape index (κ2) is 7.82. The molecule has 2 aromatic rings. The van der Waals surface area contributed by atoms with Gasteiger partial charge in [0.1, 0.15) is 10.8 Å². The van der Waals surface area contributed by atoms with Crippen molar-refractivity contribution in [3.63, 3.8) is 0 Å². The standard InChI is InChI=1S/C16H17FN2O3S/c1-10(5-6-11-3-2-4-12(17)7-11)15(20)18-8-14-19-13(9-23-14)16(21)22/h2-4,7,9-10H,5-6,8H2,1H3,(H,18,20)(H,21,22). The van der Waals surface area contributed by atoms with Gasteiger partial charge in [-0.2, -0.15) is 0 Å². The highest BCUT2D eigenvalue weighted by molar-refractivity contribution is 7.09.